The lowest BCUT2D eigenvalue weighted by molar-refractivity contribution is -0.142. The van der Waals surface area contributed by atoms with Gasteiger partial charge in [0.05, 0.1) is 12.3 Å². The first-order valence-corrected chi connectivity index (χ1v) is 9.28. The van der Waals surface area contributed by atoms with Gasteiger partial charge in [-0.2, -0.15) is 5.10 Å². The molecule has 0 aromatic carbocycles. The summed E-state index contributed by atoms with van der Waals surface area (Å²) < 4.78 is 7.83. The second kappa shape index (κ2) is 6.84. The zero-order chi connectivity index (χ0) is 16.5. The first-order chi connectivity index (χ1) is 11.7. The van der Waals surface area contributed by atoms with Gasteiger partial charge < -0.3 is 10.1 Å². The summed E-state index contributed by atoms with van der Waals surface area (Å²) in [5, 5.41) is 7.44. The lowest BCUT2D eigenvalue weighted by Crippen LogP contribution is -2.53. The number of hydrogen-bond acceptors (Lipinski definition) is 4. The maximum Gasteiger partial charge on any atom is 0.223 e. The van der Waals surface area contributed by atoms with Crippen LogP contribution in [0.15, 0.2) is 12.4 Å². The lowest BCUT2D eigenvalue weighted by atomic mass is 9.79. The van der Waals surface area contributed by atoms with Gasteiger partial charge in [0, 0.05) is 63.4 Å². The molecule has 0 unspecified atom stereocenters. The van der Waals surface area contributed by atoms with Gasteiger partial charge in [0.1, 0.15) is 0 Å². The molecule has 3 fully saturated rings. The van der Waals surface area contributed by atoms with Crippen molar-refractivity contribution in [1.82, 2.24) is 20.0 Å². The second-order valence-electron chi connectivity index (χ2n) is 7.70. The number of likely N-dealkylation sites (tertiary alicyclic amines) is 1. The topological polar surface area (TPSA) is 59.4 Å². The molecule has 1 amide bonds. The van der Waals surface area contributed by atoms with Gasteiger partial charge in [-0.15, -0.1) is 0 Å². The normalized spacial score (nSPS) is 30.8. The average Bonchev–Trinajstić information content (AvgIpc) is 3.33. The highest BCUT2D eigenvalue weighted by Gasteiger charge is 2.41. The van der Waals surface area contributed by atoms with E-state index in [0.29, 0.717) is 5.92 Å². The van der Waals surface area contributed by atoms with Gasteiger partial charge in [0.2, 0.25) is 5.91 Å². The monoisotopic (exact) mass is 332 g/mol. The van der Waals surface area contributed by atoms with Crippen LogP contribution in [0.25, 0.3) is 0 Å². The third kappa shape index (κ3) is 3.64. The molecule has 1 aromatic rings. The van der Waals surface area contributed by atoms with E-state index in [2.05, 4.69) is 21.5 Å². The minimum absolute atomic E-state index is 0.110. The molecular weight excluding hydrogens is 304 g/mol. The molecule has 1 N–H and O–H groups in total. The van der Waals surface area contributed by atoms with Crippen LogP contribution in [0.2, 0.25) is 0 Å². The van der Waals surface area contributed by atoms with E-state index in [4.69, 9.17) is 4.74 Å². The van der Waals surface area contributed by atoms with E-state index < -0.39 is 0 Å². The van der Waals surface area contributed by atoms with Gasteiger partial charge >= 0.3 is 0 Å². The zero-order valence-electron chi connectivity index (χ0n) is 14.5. The van der Waals surface area contributed by atoms with Gasteiger partial charge in [-0.3, -0.25) is 14.4 Å². The third-order valence-electron chi connectivity index (χ3n) is 5.72. The smallest absolute Gasteiger partial charge is 0.223 e. The van der Waals surface area contributed by atoms with Crippen molar-refractivity contribution in [3.63, 3.8) is 0 Å². The number of aryl methyl sites for hydroxylation is 1. The summed E-state index contributed by atoms with van der Waals surface area (Å²) in [7, 11) is 1.95. The lowest BCUT2D eigenvalue weighted by Gasteiger charge is -2.44. The van der Waals surface area contributed by atoms with Crippen LogP contribution in [-0.4, -0.2) is 52.9 Å². The van der Waals surface area contributed by atoms with Gasteiger partial charge in [-0.05, 0) is 31.6 Å². The second-order valence-corrected chi connectivity index (χ2v) is 7.70. The molecule has 1 aliphatic carbocycles. The number of nitrogens with one attached hydrogen (secondary N) is 1. The number of ether oxygens (including phenoxy) is 1. The SMILES string of the molecule is Cn1cc(CN2CC[C@@H]3OCC[C@H](C(=O)NCC4CC4)[C@H]3C2)cn1. The molecule has 24 heavy (non-hydrogen) atoms. The third-order valence-corrected chi connectivity index (χ3v) is 5.72. The molecule has 6 heteroatoms. The highest BCUT2D eigenvalue weighted by Crippen LogP contribution is 2.34. The van der Waals surface area contributed by atoms with Gasteiger partial charge in [-0.1, -0.05) is 0 Å². The van der Waals surface area contributed by atoms with Gasteiger partial charge in [0.15, 0.2) is 0 Å². The van der Waals surface area contributed by atoms with Crippen LogP contribution in [0.3, 0.4) is 0 Å². The number of carbonyl (C=O) groups excluding carboxylic acids is 1. The molecule has 0 spiro atoms. The van der Waals surface area contributed by atoms with Crippen molar-refractivity contribution < 1.29 is 9.53 Å². The summed E-state index contributed by atoms with van der Waals surface area (Å²) >= 11 is 0. The van der Waals surface area contributed by atoms with Crippen molar-refractivity contribution in [1.29, 1.82) is 0 Å². The quantitative estimate of drug-likeness (QED) is 0.879. The molecule has 4 rings (SSSR count). The van der Waals surface area contributed by atoms with Crippen molar-refractivity contribution >= 4 is 5.91 Å². The minimum atomic E-state index is 0.110. The van der Waals surface area contributed by atoms with Crippen molar-refractivity contribution in [2.45, 2.75) is 38.3 Å². The average molecular weight is 332 g/mol. The van der Waals surface area contributed by atoms with E-state index in [9.17, 15) is 4.79 Å². The van der Waals surface area contributed by atoms with Crippen molar-refractivity contribution in [3.05, 3.63) is 18.0 Å². The molecule has 2 aliphatic heterocycles. The number of carbonyl (C=O) groups is 1. The van der Waals surface area contributed by atoms with E-state index in [0.717, 1.165) is 51.5 Å². The van der Waals surface area contributed by atoms with Gasteiger partial charge in [0.25, 0.3) is 0 Å². The maximum atomic E-state index is 12.7. The molecule has 3 aliphatic rings. The maximum absolute atomic E-state index is 12.7. The standard InChI is InChI=1S/C18H28N4O2/c1-21-10-14(9-20-21)11-22-6-4-17-16(12-22)15(5-7-24-17)18(23)19-8-13-2-3-13/h9-10,13,15-17H,2-8,11-12H2,1H3,(H,19,23)/t15-,16+,17-/m0/s1. The van der Waals surface area contributed by atoms with Crippen LogP contribution in [0, 0.1) is 17.8 Å². The Morgan fingerprint density at radius 1 is 1.38 bits per heavy atom. The van der Waals surface area contributed by atoms with E-state index in [1.165, 1.54) is 18.4 Å². The van der Waals surface area contributed by atoms with Crippen molar-refractivity contribution in [2.24, 2.45) is 24.8 Å². The molecule has 2 saturated heterocycles. The number of rotatable bonds is 5. The number of amides is 1. The summed E-state index contributed by atoms with van der Waals surface area (Å²) in [4.78, 5) is 15.1. The molecule has 1 saturated carbocycles. The zero-order valence-corrected chi connectivity index (χ0v) is 14.5. The summed E-state index contributed by atoms with van der Waals surface area (Å²) in [6.45, 7) is 4.49. The largest absolute Gasteiger partial charge is 0.378 e. The number of piperidine rings is 1. The van der Waals surface area contributed by atoms with Crippen LogP contribution in [0.1, 0.15) is 31.2 Å². The van der Waals surface area contributed by atoms with Crippen LogP contribution in [0.4, 0.5) is 0 Å². The molecule has 0 radical (unpaired) electrons. The number of aromatic nitrogens is 2. The van der Waals surface area contributed by atoms with Crippen molar-refractivity contribution in [2.75, 3.05) is 26.2 Å². The van der Waals surface area contributed by atoms with Crippen LogP contribution < -0.4 is 5.32 Å². The van der Waals surface area contributed by atoms with E-state index in [1.807, 2.05) is 17.9 Å². The fourth-order valence-corrected chi connectivity index (χ4v) is 4.16. The predicted octanol–water partition coefficient (Wildman–Crippen LogP) is 1.17. The first-order valence-electron chi connectivity index (χ1n) is 9.28. The molecule has 0 bridgehead atoms. The minimum Gasteiger partial charge on any atom is -0.378 e. The van der Waals surface area contributed by atoms with E-state index in [-0.39, 0.29) is 17.9 Å². The first kappa shape index (κ1) is 16.1. The van der Waals surface area contributed by atoms with Crippen molar-refractivity contribution in [3.8, 4) is 0 Å². The Balaban J connectivity index is 1.37. The molecular formula is C18H28N4O2. The molecule has 132 valence electrons. The Morgan fingerprint density at radius 3 is 3.00 bits per heavy atom. The fourth-order valence-electron chi connectivity index (χ4n) is 4.16. The summed E-state index contributed by atoms with van der Waals surface area (Å²) in [5.41, 5.74) is 1.24. The Kier molecular flexibility index (Phi) is 4.59. The summed E-state index contributed by atoms with van der Waals surface area (Å²) in [5.74, 6) is 1.42. The highest BCUT2D eigenvalue weighted by molar-refractivity contribution is 5.79. The number of fused-ring (bicyclic) bond motifs is 1. The molecule has 3 heterocycles. The van der Waals surface area contributed by atoms with E-state index >= 15 is 0 Å². The Labute approximate surface area is 143 Å². The van der Waals surface area contributed by atoms with E-state index in [1.54, 1.807) is 0 Å². The Hall–Kier alpha value is -1.40. The molecule has 1 aromatic heterocycles. The van der Waals surface area contributed by atoms with Gasteiger partial charge in [-0.25, -0.2) is 0 Å². The number of nitrogens with zero attached hydrogens (tertiary/aromatic N) is 3. The van der Waals surface area contributed by atoms with Crippen LogP contribution >= 0.6 is 0 Å². The molecule has 3 atom stereocenters. The Morgan fingerprint density at radius 2 is 2.25 bits per heavy atom. The molecule has 6 nitrogen and oxygen atoms in total. The van der Waals surface area contributed by atoms with Crippen LogP contribution in [-0.2, 0) is 23.1 Å². The summed E-state index contributed by atoms with van der Waals surface area (Å²) in [6.07, 6.45) is 8.70. The predicted molar refractivity (Wildman–Crippen MR) is 90.2 cm³/mol. The fraction of sp³-hybridized carbons (Fsp3) is 0.778. The summed E-state index contributed by atoms with van der Waals surface area (Å²) in [6, 6.07) is 0. The Bertz CT molecular complexity index is 583. The van der Waals surface area contributed by atoms with Crippen LogP contribution in [0.5, 0.6) is 0 Å². The number of hydrogen-bond donors (Lipinski definition) is 1. The highest BCUT2D eigenvalue weighted by atomic mass is 16.5.